The van der Waals surface area contributed by atoms with Gasteiger partial charge in [0.25, 0.3) is 0 Å². The number of carbonyl (C=O) groups excluding carboxylic acids is 1. The van der Waals surface area contributed by atoms with Gasteiger partial charge in [0.1, 0.15) is 0 Å². The Morgan fingerprint density at radius 2 is 1.86 bits per heavy atom. The summed E-state index contributed by atoms with van der Waals surface area (Å²) in [5, 5.41) is 5.92. The lowest BCUT2D eigenvalue weighted by Crippen LogP contribution is -2.12. The number of hydrogen-bond donors (Lipinski definition) is 1. The van der Waals surface area contributed by atoms with Gasteiger partial charge in [-0.05, 0) is 35.6 Å². The Morgan fingerprint density at radius 1 is 1.14 bits per heavy atom. The minimum Gasteiger partial charge on any atom is -0.358 e. The van der Waals surface area contributed by atoms with Crippen molar-refractivity contribution in [3.8, 4) is 0 Å². The zero-order valence-electron chi connectivity index (χ0n) is 13.3. The third kappa shape index (κ3) is 1.83. The van der Waals surface area contributed by atoms with Gasteiger partial charge in [-0.15, -0.1) is 0 Å². The fourth-order valence-corrected chi connectivity index (χ4v) is 4.23. The third-order valence-corrected chi connectivity index (χ3v) is 5.58. The molecule has 0 aliphatic heterocycles. The van der Waals surface area contributed by atoms with Gasteiger partial charge >= 0.3 is 0 Å². The van der Waals surface area contributed by atoms with Gasteiger partial charge in [-0.1, -0.05) is 50.2 Å². The SMILES string of the molecule is CC(Nc1cccc2ccccc12)=C1C(=O)C[C@@H]2[C@@H]1C2(C)C. The number of carbonyl (C=O) groups is 1. The number of benzene rings is 2. The zero-order valence-corrected chi connectivity index (χ0v) is 13.3. The molecule has 2 nitrogen and oxygen atoms in total. The van der Waals surface area contributed by atoms with Crippen LogP contribution in [0.25, 0.3) is 10.8 Å². The van der Waals surface area contributed by atoms with Crippen LogP contribution in [0.1, 0.15) is 27.2 Å². The minimum absolute atomic E-state index is 0.297. The Hall–Kier alpha value is -2.09. The second-order valence-electron chi connectivity index (χ2n) is 7.22. The van der Waals surface area contributed by atoms with Gasteiger partial charge in [-0.2, -0.15) is 0 Å². The van der Waals surface area contributed by atoms with Crippen LogP contribution in [0.4, 0.5) is 5.69 Å². The highest BCUT2D eigenvalue weighted by Crippen LogP contribution is 2.68. The van der Waals surface area contributed by atoms with Gasteiger partial charge in [0.05, 0.1) is 0 Å². The third-order valence-electron chi connectivity index (χ3n) is 5.58. The van der Waals surface area contributed by atoms with Crippen LogP contribution < -0.4 is 5.32 Å². The molecule has 2 aliphatic rings. The fraction of sp³-hybridized carbons (Fsp3) is 0.350. The first kappa shape index (κ1) is 13.6. The number of Topliss-reactive ketones (excluding diaryl/α,β-unsaturated/α-hetero) is 1. The van der Waals surface area contributed by atoms with Crippen molar-refractivity contribution in [1.29, 1.82) is 0 Å². The van der Waals surface area contributed by atoms with Crippen molar-refractivity contribution in [1.82, 2.24) is 0 Å². The molecule has 0 bridgehead atoms. The maximum absolute atomic E-state index is 12.3. The van der Waals surface area contributed by atoms with Gasteiger partial charge in [0.2, 0.25) is 0 Å². The molecule has 2 aromatic rings. The van der Waals surface area contributed by atoms with Crippen LogP contribution in [-0.4, -0.2) is 5.78 Å². The van der Waals surface area contributed by atoms with Crippen molar-refractivity contribution in [2.75, 3.05) is 5.32 Å². The molecule has 2 atom stereocenters. The van der Waals surface area contributed by atoms with E-state index < -0.39 is 0 Å². The molecule has 2 heteroatoms. The summed E-state index contributed by atoms with van der Waals surface area (Å²) in [6, 6.07) is 14.6. The summed E-state index contributed by atoms with van der Waals surface area (Å²) in [5.41, 5.74) is 3.44. The van der Waals surface area contributed by atoms with Crippen molar-refractivity contribution in [3.05, 3.63) is 53.7 Å². The van der Waals surface area contributed by atoms with E-state index in [1.54, 1.807) is 0 Å². The Labute approximate surface area is 131 Å². The first-order valence-electron chi connectivity index (χ1n) is 7.99. The smallest absolute Gasteiger partial charge is 0.161 e. The predicted molar refractivity (Wildman–Crippen MR) is 90.7 cm³/mol. The Morgan fingerprint density at radius 3 is 2.64 bits per heavy atom. The number of hydrogen-bond acceptors (Lipinski definition) is 2. The average Bonchev–Trinajstić information content (AvgIpc) is 2.83. The summed E-state index contributed by atoms with van der Waals surface area (Å²) < 4.78 is 0. The summed E-state index contributed by atoms with van der Waals surface area (Å²) >= 11 is 0. The second-order valence-corrected chi connectivity index (χ2v) is 7.22. The first-order chi connectivity index (χ1) is 10.5. The van der Waals surface area contributed by atoms with E-state index in [2.05, 4.69) is 61.6 Å². The molecule has 2 fully saturated rings. The molecule has 0 aromatic heterocycles. The van der Waals surface area contributed by atoms with Gasteiger partial charge in [0.15, 0.2) is 5.78 Å². The van der Waals surface area contributed by atoms with Crippen molar-refractivity contribution in [2.24, 2.45) is 17.3 Å². The molecule has 0 heterocycles. The molecule has 0 saturated heterocycles. The molecule has 4 rings (SSSR count). The molecular weight excluding hydrogens is 270 g/mol. The van der Waals surface area contributed by atoms with E-state index in [1.807, 2.05) is 6.92 Å². The maximum Gasteiger partial charge on any atom is 0.161 e. The fourth-order valence-electron chi connectivity index (χ4n) is 4.23. The molecule has 2 aromatic carbocycles. The van der Waals surface area contributed by atoms with E-state index in [-0.39, 0.29) is 0 Å². The molecule has 22 heavy (non-hydrogen) atoms. The molecule has 112 valence electrons. The minimum atomic E-state index is 0.297. The molecule has 0 unspecified atom stereocenters. The maximum atomic E-state index is 12.3. The highest BCUT2D eigenvalue weighted by atomic mass is 16.1. The standard InChI is InChI=1S/C20H21NO/c1-12(18-17(22)11-15-19(18)20(15,2)3)21-16-10-6-8-13-7-4-5-9-14(13)16/h4-10,15,19,21H,11H2,1-3H3/t15-,19+/m1/s1. The molecule has 0 radical (unpaired) electrons. The molecule has 1 N–H and O–H groups in total. The van der Waals surface area contributed by atoms with Crippen LogP contribution in [0.2, 0.25) is 0 Å². The van der Waals surface area contributed by atoms with E-state index in [4.69, 9.17) is 0 Å². The van der Waals surface area contributed by atoms with Crippen LogP contribution >= 0.6 is 0 Å². The Kier molecular flexibility index (Phi) is 2.75. The molecular formula is C20H21NO. The van der Waals surface area contributed by atoms with Crippen molar-refractivity contribution < 1.29 is 4.79 Å². The van der Waals surface area contributed by atoms with Gasteiger partial charge in [-0.25, -0.2) is 0 Å². The lowest BCUT2D eigenvalue weighted by molar-refractivity contribution is -0.115. The van der Waals surface area contributed by atoms with Crippen LogP contribution in [0.5, 0.6) is 0 Å². The lowest BCUT2D eigenvalue weighted by atomic mass is 9.95. The average molecular weight is 291 g/mol. The molecule has 2 aliphatic carbocycles. The van der Waals surface area contributed by atoms with Crippen molar-refractivity contribution in [3.63, 3.8) is 0 Å². The topological polar surface area (TPSA) is 29.1 Å². The number of anilines is 1. The van der Waals surface area contributed by atoms with E-state index in [0.717, 1.165) is 23.4 Å². The Bertz CT molecular complexity index is 810. The molecule has 0 amide bonds. The number of allylic oxidation sites excluding steroid dienone is 2. The normalized spacial score (nSPS) is 27.7. The van der Waals surface area contributed by atoms with E-state index in [0.29, 0.717) is 23.0 Å². The molecule has 2 saturated carbocycles. The van der Waals surface area contributed by atoms with Crippen LogP contribution in [0.3, 0.4) is 0 Å². The number of rotatable bonds is 2. The van der Waals surface area contributed by atoms with Gasteiger partial charge in [-0.3, -0.25) is 4.79 Å². The highest BCUT2D eigenvalue weighted by Gasteiger charge is 2.65. The summed E-state index contributed by atoms with van der Waals surface area (Å²) in [7, 11) is 0. The monoisotopic (exact) mass is 291 g/mol. The van der Waals surface area contributed by atoms with Crippen molar-refractivity contribution in [2.45, 2.75) is 27.2 Å². The van der Waals surface area contributed by atoms with E-state index >= 15 is 0 Å². The number of nitrogens with one attached hydrogen (secondary N) is 1. The Balaban J connectivity index is 1.74. The van der Waals surface area contributed by atoms with Gasteiger partial charge in [0, 0.05) is 28.8 Å². The lowest BCUT2D eigenvalue weighted by Gasteiger charge is -2.15. The zero-order chi connectivity index (χ0) is 15.5. The molecule has 0 spiro atoms. The summed E-state index contributed by atoms with van der Waals surface area (Å²) in [6.45, 7) is 6.60. The largest absolute Gasteiger partial charge is 0.358 e. The predicted octanol–water partition coefficient (Wildman–Crippen LogP) is 4.77. The number of ketones is 1. The van der Waals surface area contributed by atoms with E-state index in [1.165, 1.54) is 10.8 Å². The summed E-state index contributed by atoms with van der Waals surface area (Å²) in [4.78, 5) is 12.3. The summed E-state index contributed by atoms with van der Waals surface area (Å²) in [5.74, 6) is 1.33. The second kappa shape index (κ2) is 4.45. The van der Waals surface area contributed by atoms with Crippen LogP contribution in [0.15, 0.2) is 53.7 Å². The van der Waals surface area contributed by atoms with Gasteiger partial charge < -0.3 is 5.32 Å². The van der Waals surface area contributed by atoms with Crippen LogP contribution in [0, 0.1) is 17.3 Å². The quantitative estimate of drug-likeness (QED) is 0.807. The number of fused-ring (bicyclic) bond motifs is 2. The highest BCUT2D eigenvalue weighted by molar-refractivity contribution is 6.02. The summed E-state index contributed by atoms with van der Waals surface area (Å²) in [6.07, 6.45) is 0.724. The van der Waals surface area contributed by atoms with Crippen molar-refractivity contribution >= 4 is 22.2 Å². The van der Waals surface area contributed by atoms with E-state index in [9.17, 15) is 4.79 Å². The first-order valence-corrected chi connectivity index (χ1v) is 7.99. The van der Waals surface area contributed by atoms with Crippen LogP contribution in [-0.2, 0) is 4.79 Å².